The Labute approximate surface area is 117 Å². The third kappa shape index (κ3) is 4.54. The predicted octanol–water partition coefficient (Wildman–Crippen LogP) is 3.35. The second-order valence-electron chi connectivity index (χ2n) is 5.24. The molecule has 102 valence electrons. The molecular formula is C13H17ClN4O. The summed E-state index contributed by atoms with van der Waals surface area (Å²) in [4.78, 5) is 0. The minimum Gasteiger partial charge on any atom is -0.406 e. The summed E-state index contributed by atoms with van der Waals surface area (Å²) < 4.78 is 5.48. The fourth-order valence-electron chi connectivity index (χ4n) is 1.41. The largest absolute Gasteiger partial charge is 0.406 e. The number of hydrogen-bond acceptors (Lipinski definition) is 5. The molecule has 1 aromatic heterocycles. The van der Waals surface area contributed by atoms with Crippen LogP contribution >= 0.6 is 11.6 Å². The van der Waals surface area contributed by atoms with Gasteiger partial charge in [0.25, 0.3) is 0 Å². The van der Waals surface area contributed by atoms with Crippen LogP contribution in [0.2, 0.25) is 5.02 Å². The molecule has 2 aromatic rings. The maximum atomic E-state index is 5.90. The van der Waals surface area contributed by atoms with E-state index >= 15 is 0 Å². The molecule has 0 saturated heterocycles. The number of benzene rings is 1. The SMILES string of the molecule is CC(C)(C)NCc1nnc(Nc2cccc(Cl)c2)o1. The van der Waals surface area contributed by atoms with Gasteiger partial charge in [0.2, 0.25) is 5.89 Å². The fraction of sp³-hybridized carbons (Fsp3) is 0.385. The van der Waals surface area contributed by atoms with Crippen LogP contribution in [0.4, 0.5) is 11.7 Å². The first-order chi connectivity index (χ1) is 8.92. The van der Waals surface area contributed by atoms with Crippen LogP contribution in [-0.4, -0.2) is 15.7 Å². The molecule has 6 heteroatoms. The molecule has 0 saturated carbocycles. The molecule has 0 bridgehead atoms. The average molecular weight is 281 g/mol. The van der Waals surface area contributed by atoms with E-state index < -0.39 is 0 Å². The summed E-state index contributed by atoms with van der Waals surface area (Å²) >= 11 is 5.90. The van der Waals surface area contributed by atoms with E-state index in [9.17, 15) is 0 Å². The molecule has 0 unspecified atom stereocenters. The molecule has 19 heavy (non-hydrogen) atoms. The first kappa shape index (κ1) is 13.8. The van der Waals surface area contributed by atoms with E-state index in [2.05, 4.69) is 41.6 Å². The smallest absolute Gasteiger partial charge is 0.320 e. The summed E-state index contributed by atoms with van der Waals surface area (Å²) in [5.41, 5.74) is 0.821. The van der Waals surface area contributed by atoms with E-state index in [-0.39, 0.29) is 5.54 Å². The first-order valence-corrected chi connectivity index (χ1v) is 6.40. The summed E-state index contributed by atoms with van der Waals surface area (Å²) in [6.45, 7) is 6.77. The van der Waals surface area contributed by atoms with Crippen molar-refractivity contribution in [1.82, 2.24) is 15.5 Å². The number of anilines is 2. The Kier molecular flexibility index (Phi) is 4.07. The van der Waals surface area contributed by atoms with Crippen molar-refractivity contribution in [3.05, 3.63) is 35.2 Å². The molecule has 0 fully saturated rings. The van der Waals surface area contributed by atoms with Crippen LogP contribution in [0.25, 0.3) is 0 Å². The molecule has 0 amide bonds. The van der Waals surface area contributed by atoms with Gasteiger partial charge in [0.1, 0.15) is 0 Å². The van der Waals surface area contributed by atoms with Crippen molar-refractivity contribution in [2.75, 3.05) is 5.32 Å². The third-order valence-corrected chi connectivity index (χ3v) is 2.55. The fourth-order valence-corrected chi connectivity index (χ4v) is 1.60. The Morgan fingerprint density at radius 2 is 2.05 bits per heavy atom. The van der Waals surface area contributed by atoms with Gasteiger partial charge < -0.3 is 15.1 Å². The van der Waals surface area contributed by atoms with Crippen molar-refractivity contribution in [3.8, 4) is 0 Å². The lowest BCUT2D eigenvalue weighted by Gasteiger charge is -2.18. The lowest BCUT2D eigenvalue weighted by Crippen LogP contribution is -2.35. The van der Waals surface area contributed by atoms with Gasteiger partial charge >= 0.3 is 6.01 Å². The summed E-state index contributed by atoms with van der Waals surface area (Å²) in [5.74, 6) is 0.541. The Bertz CT molecular complexity index is 548. The van der Waals surface area contributed by atoms with E-state index in [0.29, 0.717) is 23.5 Å². The molecule has 0 radical (unpaired) electrons. The summed E-state index contributed by atoms with van der Waals surface area (Å²) in [6, 6.07) is 7.68. The van der Waals surface area contributed by atoms with Gasteiger partial charge in [-0.1, -0.05) is 22.8 Å². The van der Waals surface area contributed by atoms with Crippen LogP contribution in [0.15, 0.2) is 28.7 Å². The number of aromatic nitrogens is 2. The van der Waals surface area contributed by atoms with Crippen molar-refractivity contribution < 1.29 is 4.42 Å². The zero-order valence-corrected chi connectivity index (χ0v) is 12.0. The van der Waals surface area contributed by atoms with Crippen LogP contribution in [0, 0.1) is 0 Å². The lowest BCUT2D eigenvalue weighted by molar-refractivity contribution is 0.384. The highest BCUT2D eigenvalue weighted by atomic mass is 35.5. The van der Waals surface area contributed by atoms with Gasteiger partial charge in [-0.15, -0.1) is 5.10 Å². The highest BCUT2D eigenvalue weighted by Gasteiger charge is 2.12. The number of halogens is 1. The Balaban J connectivity index is 1.97. The van der Waals surface area contributed by atoms with E-state index in [1.807, 2.05) is 12.1 Å². The van der Waals surface area contributed by atoms with Crippen LogP contribution in [0.5, 0.6) is 0 Å². The average Bonchev–Trinajstić information content (AvgIpc) is 2.73. The van der Waals surface area contributed by atoms with E-state index in [1.165, 1.54) is 0 Å². The van der Waals surface area contributed by atoms with Gasteiger partial charge in [-0.3, -0.25) is 0 Å². The van der Waals surface area contributed by atoms with Crippen LogP contribution in [-0.2, 0) is 6.54 Å². The monoisotopic (exact) mass is 280 g/mol. The maximum absolute atomic E-state index is 5.90. The summed E-state index contributed by atoms with van der Waals surface area (Å²) in [5, 5.41) is 14.8. The minimum atomic E-state index is 0.00895. The quantitative estimate of drug-likeness (QED) is 0.899. The Morgan fingerprint density at radius 1 is 1.26 bits per heavy atom. The van der Waals surface area contributed by atoms with Crippen molar-refractivity contribution in [3.63, 3.8) is 0 Å². The van der Waals surface area contributed by atoms with Crippen molar-refractivity contribution >= 4 is 23.3 Å². The molecule has 5 nitrogen and oxygen atoms in total. The topological polar surface area (TPSA) is 63.0 Å². The van der Waals surface area contributed by atoms with E-state index in [0.717, 1.165) is 5.69 Å². The number of nitrogens with zero attached hydrogens (tertiary/aromatic N) is 2. The second kappa shape index (κ2) is 5.59. The van der Waals surface area contributed by atoms with Gasteiger partial charge in [0.15, 0.2) is 0 Å². The van der Waals surface area contributed by atoms with Gasteiger partial charge in [-0.25, -0.2) is 0 Å². The highest BCUT2D eigenvalue weighted by Crippen LogP contribution is 2.19. The second-order valence-corrected chi connectivity index (χ2v) is 5.68. The maximum Gasteiger partial charge on any atom is 0.320 e. The third-order valence-electron chi connectivity index (χ3n) is 2.31. The molecule has 1 aromatic carbocycles. The van der Waals surface area contributed by atoms with Crippen LogP contribution < -0.4 is 10.6 Å². The number of nitrogens with one attached hydrogen (secondary N) is 2. The minimum absolute atomic E-state index is 0.00895. The summed E-state index contributed by atoms with van der Waals surface area (Å²) in [7, 11) is 0. The number of hydrogen-bond donors (Lipinski definition) is 2. The Morgan fingerprint density at radius 3 is 2.74 bits per heavy atom. The zero-order valence-electron chi connectivity index (χ0n) is 11.2. The van der Waals surface area contributed by atoms with E-state index in [1.54, 1.807) is 12.1 Å². The summed E-state index contributed by atoms with van der Waals surface area (Å²) in [6.07, 6.45) is 0. The zero-order chi connectivity index (χ0) is 13.9. The molecule has 0 aliphatic heterocycles. The molecule has 1 heterocycles. The van der Waals surface area contributed by atoms with Gasteiger partial charge in [0.05, 0.1) is 6.54 Å². The standard InChI is InChI=1S/C13H17ClN4O/c1-13(2,3)15-8-11-17-18-12(19-11)16-10-6-4-5-9(14)7-10/h4-7,15H,8H2,1-3H3,(H,16,18). The predicted molar refractivity (Wildman–Crippen MR) is 75.6 cm³/mol. The Hall–Kier alpha value is -1.59. The van der Waals surface area contributed by atoms with Crippen molar-refractivity contribution in [2.24, 2.45) is 0 Å². The number of rotatable bonds is 4. The van der Waals surface area contributed by atoms with Gasteiger partial charge in [-0.05, 0) is 39.0 Å². The molecular weight excluding hydrogens is 264 g/mol. The lowest BCUT2D eigenvalue weighted by atomic mass is 10.1. The molecule has 2 rings (SSSR count). The highest BCUT2D eigenvalue weighted by molar-refractivity contribution is 6.30. The molecule has 0 atom stereocenters. The molecule has 0 aliphatic carbocycles. The van der Waals surface area contributed by atoms with Gasteiger partial charge in [-0.2, -0.15) is 0 Å². The van der Waals surface area contributed by atoms with Gasteiger partial charge in [0, 0.05) is 16.2 Å². The molecule has 0 spiro atoms. The van der Waals surface area contributed by atoms with E-state index in [4.69, 9.17) is 16.0 Å². The van der Waals surface area contributed by atoms with Crippen molar-refractivity contribution in [2.45, 2.75) is 32.9 Å². The molecule has 2 N–H and O–H groups in total. The van der Waals surface area contributed by atoms with Crippen LogP contribution in [0.1, 0.15) is 26.7 Å². The normalized spacial score (nSPS) is 11.6. The first-order valence-electron chi connectivity index (χ1n) is 6.02. The van der Waals surface area contributed by atoms with Crippen molar-refractivity contribution in [1.29, 1.82) is 0 Å². The molecule has 0 aliphatic rings. The van der Waals surface area contributed by atoms with Crippen LogP contribution in [0.3, 0.4) is 0 Å².